The third-order valence-corrected chi connectivity index (χ3v) is 2.08. The molecule has 0 aromatic carbocycles. The van der Waals surface area contributed by atoms with E-state index in [0.29, 0.717) is 10.5 Å². The molecule has 0 unspecified atom stereocenters. The van der Waals surface area contributed by atoms with Gasteiger partial charge in [-0.15, -0.1) is 0 Å². The Hall–Kier alpha value is 1.05. The first-order valence-electron chi connectivity index (χ1n) is 1.18. The van der Waals surface area contributed by atoms with Crippen LogP contribution < -0.4 is 0 Å². The fraction of sp³-hybridized carbons (Fsp3) is 1.00. The maximum atomic E-state index is 5.06. The summed E-state index contributed by atoms with van der Waals surface area (Å²) in [5, 5.41) is 0. The van der Waals surface area contributed by atoms with Crippen LogP contribution in [0.5, 0.6) is 0 Å². The second-order valence-electron chi connectivity index (χ2n) is 0.650. The summed E-state index contributed by atoms with van der Waals surface area (Å²) in [5.74, 6) is 0. The van der Waals surface area contributed by atoms with Crippen molar-refractivity contribution < 1.29 is 4.43 Å². The van der Waals surface area contributed by atoms with Crippen LogP contribution in [0.2, 0.25) is 0 Å². The summed E-state index contributed by atoms with van der Waals surface area (Å²) >= 11 is 15.2. The molecule has 0 aliphatic heterocycles. The van der Waals surface area contributed by atoms with Crippen LogP contribution in [-0.4, -0.2) is 14.5 Å². The van der Waals surface area contributed by atoms with Crippen molar-refractivity contribution in [2.45, 2.75) is 3.98 Å². The molecule has 0 atom stereocenters. The van der Waals surface area contributed by atoms with Crippen molar-refractivity contribution >= 4 is 45.3 Å². The molecular weight excluding hydrogens is 162 g/mol. The lowest BCUT2D eigenvalue weighted by Gasteiger charge is -2.05. The molecule has 0 aromatic heterocycles. The molecule has 0 fully saturated rings. The Bertz CT molecular complexity index is 40.5. The van der Waals surface area contributed by atoms with Gasteiger partial charge in [-0.05, 0) is 0 Å². The third-order valence-electron chi connectivity index (χ3n) is 0.231. The maximum absolute atomic E-state index is 5.06. The van der Waals surface area contributed by atoms with Gasteiger partial charge in [-0.1, -0.05) is 34.8 Å². The maximum Gasteiger partial charge on any atom is 0.287 e. The minimum absolute atomic E-state index is 0.452. The summed E-state index contributed by atoms with van der Waals surface area (Å²) < 4.78 is 2.89. The number of halogens is 3. The Morgan fingerprint density at radius 1 is 1.33 bits per heavy atom. The monoisotopic (exact) mass is 164 g/mol. The average molecular weight is 165 g/mol. The Morgan fingerprint density at radius 3 is 1.50 bits per heavy atom. The molecule has 0 spiro atoms. The molecule has 0 heterocycles. The molecule has 1 nitrogen and oxygen atoms in total. The predicted molar refractivity (Wildman–Crippen MR) is 31.3 cm³/mol. The fourth-order valence-electron chi connectivity index (χ4n) is 0. The van der Waals surface area contributed by atoms with E-state index in [1.54, 1.807) is 0 Å². The van der Waals surface area contributed by atoms with Gasteiger partial charge in [0.15, 0.2) is 10.5 Å². The average Bonchev–Trinajstić information content (AvgIpc) is 1.35. The summed E-state index contributed by atoms with van der Waals surface area (Å²) in [7, 11) is 0.452. The zero-order valence-corrected chi connectivity index (χ0v) is 7.31. The van der Waals surface area contributed by atoms with Crippen LogP contribution in [-0.2, 0) is 4.43 Å². The van der Waals surface area contributed by atoms with E-state index >= 15 is 0 Å². The molecule has 0 aromatic rings. The lowest BCUT2D eigenvalue weighted by molar-refractivity contribution is 0.354. The van der Waals surface area contributed by atoms with Gasteiger partial charge in [0.05, 0.1) is 0 Å². The molecular formula is CH3Cl3OSi. The smallest absolute Gasteiger partial charge is 0.287 e. The van der Waals surface area contributed by atoms with Gasteiger partial charge in [0.25, 0.3) is 3.98 Å². The molecule has 0 saturated carbocycles. The first-order valence-corrected chi connectivity index (χ1v) is 3.13. The highest BCUT2D eigenvalue weighted by Gasteiger charge is 2.15. The fourth-order valence-corrected chi connectivity index (χ4v) is 0. The van der Waals surface area contributed by atoms with Gasteiger partial charge in [-0.3, -0.25) is 0 Å². The SMILES string of the molecule is [SiH3]OC(Cl)(Cl)Cl. The lowest BCUT2D eigenvalue weighted by Crippen LogP contribution is -2.04. The highest BCUT2D eigenvalue weighted by Crippen LogP contribution is 2.25. The second-order valence-corrected chi connectivity index (χ2v) is 3.24. The summed E-state index contributed by atoms with van der Waals surface area (Å²) in [6.07, 6.45) is 0. The van der Waals surface area contributed by atoms with Gasteiger partial charge in [0.1, 0.15) is 0 Å². The molecule has 0 amide bonds. The Kier molecular flexibility index (Phi) is 2.79. The summed E-state index contributed by atoms with van der Waals surface area (Å²) in [4.78, 5) is 0. The number of hydrogen-bond acceptors (Lipinski definition) is 1. The standard InChI is InChI=1S/CH3Cl3OSi/c2-1(3,4)5-6/h6H3. The summed E-state index contributed by atoms with van der Waals surface area (Å²) in [6.45, 7) is 0. The molecule has 0 aliphatic carbocycles. The van der Waals surface area contributed by atoms with Gasteiger partial charge < -0.3 is 4.43 Å². The van der Waals surface area contributed by atoms with Crippen molar-refractivity contribution in [3.05, 3.63) is 0 Å². The number of rotatable bonds is 0. The van der Waals surface area contributed by atoms with Crippen molar-refractivity contribution in [2.24, 2.45) is 0 Å². The van der Waals surface area contributed by atoms with Crippen LogP contribution in [0.1, 0.15) is 0 Å². The molecule has 0 saturated heterocycles. The van der Waals surface area contributed by atoms with Crippen molar-refractivity contribution in [2.75, 3.05) is 0 Å². The van der Waals surface area contributed by atoms with Crippen LogP contribution in [0.15, 0.2) is 0 Å². The van der Waals surface area contributed by atoms with Crippen LogP contribution in [0.3, 0.4) is 0 Å². The van der Waals surface area contributed by atoms with E-state index in [1.165, 1.54) is 0 Å². The second kappa shape index (κ2) is 2.38. The van der Waals surface area contributed by atoms with E-state index < -0.39 is 3.98 Å². The summed E-state index contributed by atoms with van der Waals surface area (Å²) in [5.41, 5.74) is 0. The zero-order valence-electron chi connectivity index (χ0n) is 3.04. The largest absolute Gasteiger partial charge is 0.387 e. The minimum Gasteiger partial charge on any atom is -0.387 e. The van der Waals surface area contributed by atoms with E-state index in [-0.39, 0.29) is 0 Å². The molecule has 0 radical (unpaired) electrons. The molecule has 5 heteroatoms. The zero-order chi connectivity index (χ0) is 5.21. The van der Waals surface area contributed by atoms with Crippen molar-refractivity contribution in [1.82, 2.24) is 0 Å². The quantitative estimate of drug-likeness (QED) is 0.378. The van der Waals surface area contributed by atoms with Crippen molar-refractivity contribution in [3.63, 3.8) is 0 Å². The highest BCUT2D eigenvalue weighted by molar-refractivity contribution is 6.66. The van der Waals surface area contributed by atoms with Gasteiger partial charge in [-0.25, -0.2) is 0 Å². The lowest BCUT2D eigenvalue weighted by atomic mass is 11.7. The van der Waals surface area contributed by atoms with Crippen LogP contribution in [0.4, 0.5) is 0 Å². The first kappa shape index (κ1) is 7.05. The topological polar surface area (TPSA) is 9.23 Å². The van der Waals surface area contributed by atoms with E-state index in [1.807, 2.05) is 0 Å². The molecule has 0 aliphatic rings. The number of alkyl halides is 3. The highest BCUT2D eigenvalue weighted by atomic mass is 35.6. The normalized spacial score (nSPS) is 12.5. The number of hydrogen-bond donors (Lipinski definition) is 0. The Labute approximate surface area is 54.1 Å². The van der Waals surface area contributed by atoms with Crippen molar-refractivity contribution in [1.29, 1.82) is 0 Å². The van der Waals surface area contributed by atoms with Gasteiger partial charge in [0, 0.05) is 0 Å². The predicted octanol–water partition coefficient (Wildman–Crippen LogP) is 0.611. The van der Waals surface area contributed by atoms with Gasteiger partial charge in [0.2, 0.25) is 0 Å². The first-order chi connectivity index (χ1) is 2.56. The Balaban J connectivity index is 3.17. The molecule has 38 valence electrons. The van der Waals surface area contributed by atoms with Gasteiger partial charge >= 0.3 is 0 Å². The van der Waals surface area contributed by atoms with Crippen LogP contribution in [0, 0.1) is 0 Å². The summed E-state index contributed by atoms with van der Waals surface area (Å²) in [6, 6.07) is 0. The molecule has 6 heavy (non-hydrogen) atoms. The third kappa shape index (κ3) is 5.05. The van der Waals surface area contributed by atoms with E-state index in [4.69, 9.17) is 34.8 Å². The van der Waals surface area contributed by atoms with E-state index in [9.17, 15) is 0 Å². The van der Waals surface area contributed by atoms with Crippen molar-refractivity contribution in [3.8, 4) is 0 Å². The van der Waals surface area contributed by atoms with Crippen LogP contribution >= 0.6 is 34.8 Å². The molecule has 0 N–H and O–H groups in total. The van der Waals surface area contributed by atoms with Crippen LogP contribution in [0.25, 0.3) is 0 Å². The minimum atomic E-state index is -1.48. The molecule has 0 bridgehead atoms. The Morgan fingerprint density at radius 2 is 1.50 bits per heavy atom. The molecule has 0 rings (SSSR count). The van der Waals surface area contributed by atoms with E-state index in [0.717, 1.165) is 0 Å². The van der Waals surface area contributed by atoms with Gasteiger partial charge in [-0.2, -0.15) is 0 Å². The van der Waals surface area contributed by atoms with E-state index in [2.05, 4.69) is 4.43 Å².